The quantitative estimate of drug-likeness (QED) is 0.877. The van der Waals surface area contributed by atoms with Gasteiger partial charge < -0.3 is 10.0 Å². The van der Waals surface area contributed by atoms with Crippen LogP contribution >= 0.6 is 0 Å². The van der Waals surface area contributed by atoms with Crippen LogP contribution in [0.2, 0.25) is 0 Å². The number of carboxylic acid groups (broad SMARTS) is 1. The maximum absolute atomic E-state index is 10.8. The lowest BCUT2D eigenvalue weighted by Crippen LogP contribution is -2.31. The Morgan fingerprint density at radius 3 is 2.56 bits per heavy atom. The number of benzene rings is 1. The van der Waals surface area contributed by atoms with Crippen molar-refractivity contribution < 1.29 is 9.90 Å². The van der Waals surface area contributed by atoms with E-state index in [4.69, 9.17) is 5.11 Å². The molecule has 1 fully saturated rings. The number of nitrogens with zero attached hydrogens (tertiary/aromatic N) is 2. The highest BCUT2D eigenvalue weighted by atomic mass is 16.4. The summed E-state index contributed by atoms with van der Waals surface area (Å²) in [6.45, 7) is 3.11. The highest BCUT2D eigenvalue weighted by Crippen LogP contribution is 2.16. The summed E-state index contributed by atoms with van der Waals surface area (Å²) in [6.07, 6.45) is 1.21. The summed E-state index contributed by atoms with van der Waals surface area (Å²) < 4.78 is 0. The van der Waals surface area contributed by atoms with Gasteiger partial charge in [-0.3, -0.25) is 4.90 Å². The molecule has 2 rings (SSSR count). The molecule has 18 heavy (non-hydrogen) atoms. The van der Waals surface area contributed by atoms with E-state index >= 15 is 0 Å². The Hall–Kier alpha value is -1.39. The molecule has 1 aromatic carbocycles. The minimum atomic E-state index is -0.865. The molecule has 0 aliphatic carbocycles. The van der Waals surface area contributed by atoms with Gasteiger partial charge in [0, 0.05) is 25.7 Å². The van der Waals surface area contributed by atoms with Crippen molar-refractivity contribution in [3.63, 3.8) is 0 Å². The zero-order valence-electron chi connectivity index (χ0n) is 11.0. The Bertz CT molecular complexity index is 414. The Labute approximate surface area is 108 Å². The van der Waals surface area contributed by atoms with Crippen LogP contribution in [0.25, 0.3) is 0 Å². The van der Waals surface area contributed by atoms with Crippen molar-refractivity contribution in [3.05, 3.63) is 35.4 Å². The molecular formula is C14H20N2O2. The van der Waals surface area contributed by atoms with Crippen LogP contribution in [0, 0.1) is 0 Å². The van der Waals surface area contributed by atoms with Gasteiger partial charge in [-0.15, -0.1) is 0 Å². The second-order valence-electron chi connectivity index (χ2n) is 5.14. The van der Waals surface area contributed by atoms with Crippen molar-refractivity contribution in [1.82, 2.24) is 9.80 Å². The first kappa shape index (κ1) is 13.1. The summed E-state index contributed by atoms with van der Waals surface area (Å²) in [4.78, 5) is 15.4. The largest absolute Gasteiger partial charge is 0.478 e. The summed E-state index contributed by atoms with van der Waals surface area (Å²) >= 11 is 0. The highest BCUT2D eigenvalue weighted by Gasteiger charge is 2.23. The van der Waals surface area contributed by atoms with Crippen LogP contribution in [0.4, 0.5) is 0 Å². The maximum Gasteiger partial charge on any atom is 0.335 e. The first-order valence-corrected chi connectivity index (χ1v) is 6.27. The SMILES string of the molecule is CN(C)C1CCN(Cc2ccc(C(=O)O)cc2)C1. The van der Waals surface area contributed by atoms with Crippen molar-refractivity contribution in [1.29, 1.82) is 0 Å². The lowest BCUT2D eigenvalue weighted by Gasteiger charge is -2.20. The van der Waals surface area contributed by atoms with E-state index in [9.17, 15) is 4.79 Å². The van der Waals surface area contributed by atoms with E-state index in [0.717, 1.165) is 19.6 Å². The van der Waals surface area contributed by atoms with Gasteiger partial charge >= 0.3 is 5.97 Å². The molecule has 1 atom stereocenters. The Morgan fingerprint density at radius 1 is 1.39 bits per heavy atom. The molecule has 1 aliphatic rings. The number of hydrogen-bond donors (Lipinski definition) is 1. The minimum Gasteiger partial charge on any atom is -0.478 e. The number of hydrogen-bond acceptors (Lipinski definition) is 3. The van der Waals surface area contributed by atoms with Gasteiger partial charge in [-0.1, -0.05) is 12.1 Å². The first-order chi connectivity index (χ1) is 8.56. The van der Waals surface area contributed by atoms with E-state index in [1.165, 1.54) is 12.0 Å². The third-order valence-corrected chi connectivity index (χ3v) is 3.58. The van der Waals surface area contributed by atoms with E-state index in [1.54, 1.807) is 12.1 Å². The summed E-state index contributed by atoms with van der Waals surface area (Å²) in [7, 11) is 4.24. The zero-order valence-corrected chi connectivity index (χ0v) is 11.0. The fraction of sp³-hybridized carbons (Fsp3) is 0.500. The number of likely N-dealkylation sites (tertiary alicyclic amines) is 1. The Kier molecular flexibility index (Phi) is 3.99. The lowest BCUT2D eigenvalue weighted by molar-refractivity contribution is 0.0697. The van der Waals surface area contributed by atoms with Crippen molar-refractivity contribution in [2.75, 3.05) is 27.2 Å². The highest BCUT2D eigenvalue weighted by molar-refractivity contribution is 5.87. The van der Waals surface area contributed by atoms with E-state index in [0.29, 0.717) is 11.6 Å². The van der Waals surface area contributed by atoms with Crippen LogP contribution in [0.15, 0.2) is 24.3 Å². The third kappa shape index (κ3) is 3.09. The zero-order chi connectivity index (χ0) is 13.1. The molecule has 0 saturated carbocycles. The monoisotopic (exact) mass is 248 g/mol. The van der Waals surface area contributed by atoms with Crippen LogP contribution in [-0.4, -0.2) is 54.1 Å². The topological polar surface area (TPSA) is 43.8 Å². The van der Waals surface area contributed by atoms with Crippen LogP contribution in [-0.2, 0) is 6.54 Å². The Balaban J connectivity index is 1.92. The molecule has 98 valence electrons. The summed E-state index contributed by atoms with van der Waals surface area (Å²) in [5, 5.41) is 8.84. The van der Waals surface area contributed by atoms with Crippen molar-refractivity contribution in [2.24, 2.45) is 0 Å². The molecule has 1 unspecified atom stereocenters. The molecular weight excluding hydrogens is 228 g/mol. The van der Waals surface area contributed by atoms with Crippen LogP contribution < -0.4 is 0 Å². The summed E-state index contributed by atoms with van der Waals surface area (Å²) in [5.41, 5.74) is 1.53. The standard InChI is InChI=1S/C14H20N2O2/c1-15(2)13-7-8-16(10-13)9-11-3-5-12(6-4-11)14(17)18/h3-6,13H,7-10H2,1-2H3,(H,17,18). The van der Waals surface area contributed by atoms with Crippen LogP contribution in [0.1, 0.15) is 22.3 Å². The molecule has 1 aliphatic heterocycles. The fourth-order valence-electron chi connectivity index (χ4n) is 2.39. The molecule has 1 heterocycles. The van der Waals surface area contributed by atoms with Crippen molar-refractivity contribution in [2.45, 2.75) is 19.0 Å². The first-order valence-electron chi connectivity index (χ1n) is 6.27. The van der Waals surface area contributed by atoms with E-state index < -0.39 is 5.97 Å². The van der Waals surface area contributed by atoms with Crippen molar-refractivity contribution >= 4 is 5.97 Å². The second-order valence-corrected chi connectivity index (χ2v) is 5.14. The van der Waals surface area contributed by atoms with Gasteiger partial charge in [-0.25, -0.2) is 4.79 Å². The maximum atomic E-state index is 10.8. The van der Waals surface area contributed by atoms with Gasteiger partial charge in [0.05, 0.1) is 5.56 Å². The predicted molar refractivity (Wildman–Crippen MR) is 70.8 cm³/mol. The molecule has 1 N–H and O–H groups in total. The third-order valence-electron chi connectivity index (χ3n) is 3.58. The lowest BCUT2D eigenvalue weighted by atomic mass is 10.1. The predicted octanol–water partition coefficient (Wildman–Crippen LogP) is 1.52. The normalized spacial score (nSPS) is 20.5. The summed E-state index contributed by atoms with van der Waals surface area (Å²) in [6, 6.07) is 7.82. The average molecular weight is 248 g/mol. The molecule has 0 spiro atoms. The molecule has 0 radical (unpaired) electrons. The fourth-order valence-corrected chi connectivity index (χ4v) is 2.39. The number of likely N-dealkylation sites (N-methyl/N-ethyl adjacent to an activating group) is 1. The van der Waals surface area contributed by atoms with Gasteiger partial charge in [0.2, 0.25) is 0 Å². The van der Waals surface area contributed by atoms with E-state index in [1.807, 2.05) is 12.1 Å². The van der Waals surface area contributed by atoms with Crippen LogP contribution in [0.3, 0.4) is 0 Å². The van der Waals surface area contributed by atoms with Gasteiger partial charge in [-0.05, 0) is 38.2 Å². The number of carboxylic acids is 1. The summed E-state index contributed by atoms with van der Waals surface area (Å²) in [5.74, 6) is -0.865. The minimum absolute atomic E-state index is 0.353. The van der Waals surface area contributed by atoms with E-state index in [2.05, 4.69) is 23.9 Å². The van der Waals surface area contributed by atoms with Crippen molar-refractivity contribution in [3.8, 4) is 0 Å². The number of aromatic carboxylic acids is 1. The average Bonchev–Trinajstić information content (AvgIpc) is 2.78. The van der Waals surface area contributed by atoms with Gasteiger partial charge in [-0.2, -0.15) is 0 Å². The van der Waals surface area contributed by atoms with Gasteiger partial charge in [0.15, 0.2) is 0 Å². The van der Waals surface area contributed by atoms with Gasteiger partial charge in [0.25, 0.3) is 0 Å². The van der Waals surface area contributed by atoms with Crippen LogP contribution in [0.5, 0.6) is 0 Å². The second kappa shape index (κ2) is 5.50. The number of carbonyl (C=O) groups is 1. The molecule has 0 aromatic heterocycles. The molecule has 4 nitrogen and oxygen atoms in total. The smallest absolute Gasteiger partial charge is 0.335 e. The molecule has 1 saturated heterocycles. The molecule has 1 aromatic rings. The molecule has 4 heteroatoms. The number of rotatable bonds is 4. The van der Waals surface area contributed by atoms with E-state index in [-0.39, 0.29) is 0 Å². The Morgan fingerprint density at radius 2 is 2.06 bits per heavy atom. The molecule has 0 bridgehead atoms. The molecule has 0 amide bonds. The van der Waals surface area contributed by atoms with Gasteiger partial charge in [0.1, 0.15) is 0 Å².